The highest BCUT2D eigenvalue weighted by Crippen LogP contribution is 2.28. The van der Waals surface area contributed by atoms with Crippen LogP contribution in [0, 0.1) is 5.92 Å². The molecule has 0 aliphatic carbocycles. The minimum Gasteiger partial charge on any atom is -0.396 e. The molecule has 1 heterocycles. The molecule has 0 amide bonds. The summed E-state index contributed by atoms with van der Waals surface area (Å²) in [5.41, 5.74) is -0.748. The molecule has 0 radical (unpaired) electrons. The highest BCUT2D eigenvalue weighted by atomic mass is 19.4. The Hall–Kier alpha value is -1.30. The van der Waals surface area contributed by atoms with Gasteiger partial charge in [-0.2, -0.15) is 13.2 Å². The number of anilines is 1. The zero-order chi connectivity index (χ0) is 13.6. The van der Waals surface area contributed by atoms with E-state index in [1.54, 1.807) is 0 Å². The van der Waals surface area contributed by atoms with Gasteiger partial charge in [0.2, 0.25) is 0 Å². The smallest absolute Gasteiger partial charge is 0.396 e. The van der Waals surface area contributed by atoms with E-state index < -0.39 is 11.7 Å². The van der Waals surface area contributed by atoms with Gasteiger partial charge in [0, 0.05) is 19.3 Å². The zero-order valence-corrected chi connectivity index (χ0v) is 10.2. The second-order valence-electron chi connectivity index (χ2n) is 4.29. The number of rotatable bonds is 6. The summed E-state index contributed by atoms with van der Waals surface area (Å²) >= 11 is 0. The maximum atomic E-state index is 12.3. The lowest BCUT2D eigenvalue weighted by Gasteiger charge is -2.10. The van der Waals surface area contributed by atoms with E-state index in [1.165, 1.54) is 6.07 Å². The van der Waals surface area contributed by atoms with Gasteiger partial charge in [-0.05, 0) is 30.9 Å². The van der Waals surface area contributed by atoms with Crippen molar-refractivity contribution in [3.63, 3.8) is 0 Å². The number of aromatic nitrogens is 1. The number of aliphatic hydroxyl groups is 1. The summed E-state index contributed by atoms with van der Waals surface area (Å²) in [6.07, 6.45) is -1.82. The van der Waals surface area contributed by atoms with Gasteiger partial charge in [0.15, 0.2) is 0 Å². The summed E-state index contributed by atoms with van der Waals surface area (Å²) in [5, 5.41) is 11.8. The van der Waals surface area contributed by atoms with Crippen LogP contribution in [0.15, 0.2) is 18.3 Å². The van der Waals surface area contributed by atoms with E-state index in [1.807, 2.05) is 6.92 Å². The van der Waals surface area contributed by atoms with E-state index in [-0.39, 0.29) is 12.5 Å². The fraction of sp³-hybridized carbons (Fsp3) is 0.583. The second kappa shape index (κ2) is 6.58. The van der Waals surface area contributed by atoms with Gasteiger partial charge in [0.05, 0.1) is 5.56 Å². The van der Waals surface area contributed by atoms with Crippen molar-refractivity contribution in [2.75, 3.05) is 18.5 Å². The Bertz CT molecular complexity index is 351. The zero-order valence-electron chi connectivity index (χ0n) is 10.2. The number of nitrogens with one attached hydrogen (secondary N) is 1. The van der Waals surface area contributed by atoms with Crippen LogP contribution in [0.3, 0.4) is 0 Å². The predicted molar refractivity (Wildman–Crippen MR) is 63.2 cm³/mol. The molecule has 0 saturated carbocycles. The SMILES string of the molecule is CC(CO)CCCNc1ccc(C(F)(F)F)cn1. The van der Waals surface area contributed by atoms with Crippen molar-refractivity contribution in [3.05, 3.63) is 23.9 Å². The number of hydrogen-bond donors (Lipinski definition) is 2. The molecule has 0 bridgehead atoms. The van der Waals surface area contributed by atoms with Crippen LogP contribution >= 0.6 is 0 Å². The number of nitrogens with zero attached hydrogens (tertiary/aromatic N) is 1. The Morgan fingerprint density at radius 1 is 1.39 bits per heavy atom. The Balaban J connectivity index is 2.36. The topological polar surface area (TPSA) is 45.1 Å². The van der Waals surface area contributed by atoms with Crippen molar-refractivity contribution >= 4 is 5.82 Å². The van der Waals surface area contributed by atoms with Gasteiger partial charge in [-0.15, -0.1) is 0 Å². The number of hydrogen-bond acceptors (Lipinski definition) is 3. The minimum absolute atomic E-state index is 0.151. The van der Waals surface area contributed by atoms with Crippen molar-refractivity contribution in [2.45, 2.75) is 25.9 Å². The van der Waals surface area contributed by atoms with Gasteiger partial charge >= 0.3 is 6.18 Å². The average molecular weight is 262 g/mol. The minimum atomic E-state index is -4.35. The fourth-order valence-corrected chi connectivity index (χ4v) is 1.42. The lowest BCUT2D eigenvalue weighted by molar-refractivity contribution is -0.137. The molecule has 1 aromatic heterocycles. The maximum absolute atomic E-state index is 12.3. The standard InChI is InChI=1S/C12H17F3N2O/c1-9(8-18)3-2-6-16-11-5-4-10(7-17-11)12(13,14)15/h4-5,7,9,18H,2-3,6,8H2,1H3,(H,16,17). The highest BCUT2D eigenvalue weighted by molar-refractivity contribution is 5.35. The van der Waals surface area contributed by atoms with Gasteiger partial charge in [-0.3, -0.25) is 0 Å². The molecule has 0 saturated heterocycles. The summed E-state index contributed by atoms with van der Waals surface area (Å²) in [5.74, 6) is 0.673. The largest absolute Gasteiger partial charge is 0.417 e. The molecular formula is C12H17F3N2O. The van der Waals surface area contributed by atoms with Crippen molar-refractivity contribution < 1.29 is 18.3 Å². The molecule has 0 aliphatic rings. The number of halogens is 3. The Labute approximate surface area is 104 Å². The molecule has 6 heteroatoms. The molecule has 18 heavy (non-hydrogen) atoms. The monoisotopic (exact) mass is 262 g/mol. The van der Waals surface area contributed by atoms with E-state index in [0.29, 0.717) is 12.4 Å². The van der Waals surface area contributed by atoms with E-state index in [0.717, 1.165) is 25.1 Å². The molecule has 0 aromatic carbocycles. The number of pyridine rings is 1. The van der Waals surface area contributed by atoms with E-state index in [4.69, 9.17) is 5.11 Å². The molecule has 102 valence electrons. The molecule has 1 unspecified atom stereocenters. The third-order valence-corrected chi connectivity index (χ3v) is 2.58. The Morgan fingerprint density at radius 3 is 2.61 bits per heavy atom. The summed E-state index contributed by atoms with van der Waals surface area (Å²) in [4.78, 5) is 3.70. The van der Waals surface area contributed by atoms with Crippen LogP contribution in [0.5, 0.6) is 0 Å². The lowest BCUT2D eigenvalue weighted by Crippen LogP contribution is -2.09. The second-order valence-corrected chi connectivity index (χ2v) is 4.29. The summed E-state index contributed by atoms with van der Waals surface area (Å²) in [6.45, 7) is 2.72. The van der Waals surface area contributed by atoms with Crippen LogP contribution < -0.4 is 5.32 Å². The third-order valence-electron chi connectivity index (χ3n) is 2.58. The quantitative estimate of drug-likeness (QED) is 0.775. The van der Waals surface area contributed by atoms with Crippen LogP contribution in [0.4, 0.5) is 19.0 Å². The predicted octanol–water partition coefficient (Wildman–Crippen LogP) is 2.92. The molecule has 0 spiro atoms. The van der Waals surface area contributed by atoms with Crippen molar-refractivity contribution in [2.24, 2.45) is 5.92 Å². The first kappa shape index (κ1) is 14.8. The van der Waals surface area contributed by atoms with Crippen LogP contribution in [-0.4, -0.2) is 23.2 Å². The van der Waals surface area contributed by atoms with Crippen molar-refractivity contribution in [1.82, 2.24) is 4.98 Å². The van der Waals surface area contributed by atoms with Gasteiger partial charge < -0.3 is 10.4 Å². The van der Waals surface area contributed by atoms with E-state index in [9.17, 15) is 13.2 Å². The van der Waals surface area contributed by atoms with Crippen molar-refractivity contribution in [3.8, 4) is 0 Å². The maximum Gasteiger partial charge on any atom is 0.417 e. The normalized spacial score (nSPS) is 13.4. The van der Waals surface area contributed by atoms with Crippen LogP contribution in [0.2, 0.25) is 0 Å². The molecule has 1 rings (SSSR count). The molecule has 1 aromatic rings. The third kappa shape index (κ3) is 4.91. The molecule has 2 N–H and O–H groups in total. The first-order valence-electron chi connectivity index (χ1n) is 5.81. The first-order valence-corrected chi connectivity index (χ1v) is 5.81. The van der Waals surface area contributed by atoms with Crippen LogP contribution in [-0.2, 0) is 6.18 Å². The molecule has 1 atom stereocenters. The Kier molecular flexibility index (Phi) is 5.40. The van der Waals surface area contributed by atoms with E-state index >= 15 is 0 Å². The van der Waals surface area contributed by atoms with Gasteiger partial charge in [0.1, 0.15) is 5.82 Å². The molecule has 3 nitrogen and oxygen atoms in total. The first-order chi connectivity index (χ1) is 8.43. The molecular weight excluding hydrogens is 245 g/mol. The highest BCUT2D eigenvalue weighted by Gasteiger charge is 2.30. The molecule has 0 fully saturated rings. The summed E-state index contributed by atoms with van der Waals surface area (Å²) in [6, 6.07) is 2.32. The van der Waals surface area contributed by atoms with Gasteiger partial charge in [0.25, 0.3) is 0 Å². The van der Waals surface area contributed by atoms with Crippen LogP contribution in [0.1, 0.15) is 25.3 Å². The molecule has 0 aliphatic heterocycles. The van der Waals surface area contributed by atoms with Crippen LogP contribution in [0.25, 0.3) is 0 Å². The van der Waals surface area contributed by atoms with Gasteiger partial charge in [-0.25, -0.2) is 4.98 Å². The lowest BCUT2D eigenvalue weighted by atomic mass is 10.1. The fourth-order valence-electron chi connectivity index (χ4n) is 1.42. The Morgan fingerprint density at radius 2 is 2.11 bits per heavy atom. The number of alkyl halides is 3. The number of aliphatic hydroxyl groups excluding tert-OH is 1. The summed E-state index contributed by atoms with van der Waals surface area (Å²) in [7, 11) is 0. The average Bonchev–Trinajstić information content (AvgIpc) is 2.33. The van der Waals surface area contributed by atoms with Crippen molar-refractivity contribution in [1.29, 1.82) is 0 Å². The van der Waals surface area contributed by atoms with Gasteiger partial charge in [-0.1, -0.05) is 6.92 Å². The summed E-state index contributed by atoms with van der Waals surface area (Å²) < 4.78 is 36.8. The van der Waals surface area contributed by atoms with E-state index in [2.05, 4.69) is 10.3 Å².